The Morgan fingerprint density at radius 2 is 1.82 bits per heavy atom. The van der Waals surface area contributed by atoms with Gasteiger partial charge < -0.3 is 0 Å². The average Bonchev–Trinajstić information content (AvgIpc) is 1.93. The second-order valence-electron chi connectivity index (χ2n) is 3.73. The van der Waals surface area contributed by atoms with Gasteiger partial charge in [-0.05, 0) is 36.7 Å². The lowest BCUT2D eigenvalue weighted by atomic mass is 10.0. The molecule has 1 fully saturated rings. The van der Waals surface area contributed by atoms with E-state index in [1.54, 1.807) is 0 Å². The summed E-state index contributed by atoms with van der Waals surface area (Å²) in [6.45, 7) is 6.97. The van der Waals surface area contributed by atoms with Gasteiger partial charge in [0.15, 0.2) is 0 Å². The Morgan fingerprint density at radius 3 is 2.27 bits per heavy atom. The molecule has 0 aromatic heterocycles. The molecule has 11 heavy (non-hydrogen) atoms. The largest absolute Gasteiger partial charge is 0.148 e. The van der Waals surface area contributed by atoms with Crippen molar-refractivity contribution in [3.8, 4) is 0 Å². The van der Waals surface area contributed by atoms with E-state index >= 15 is 0 Å². The maximum absolute atomic E-state index is 2.33. The van der Waals surface area contributed by atoms with Crippen LogP contribution in [0.3, 0.4) is 0 Å². The van der Waals surface area contributed by atoms with Crippen molar-refractivity contribution in [1.82, 2.24) is 0 Å². The van der Waals surface area contributed by atoms with E-state index in [-0.39, 0.29) is 0 Å². The normalized spacial score (nSPS) is 32.7. The fourth-order valence-corrected chi connectivity index (χ4v) is 4.04. The topological polar surface area (TPSA) is 0 Å². The van der Waals surface area contributed by atoms with E-state index in [1.165, 1.54) is 17.9 Å². The van der Waals surface area contributed by atoms with Crippen LogP contribution in [0, 0.1) is 11.8 Å². The molecule has 1 rings (SSSR count). The van der Waals surface area contributed by atoms with Gasteiger partial charge >= 0.3 is 0 Å². The van der Waals surface area contributed by atoms with E-state index in [0.717, 1.165) is 16.4 Å². The van der Waals surface area contributed by atoms with Gasteiger partial charge in [-0.2, -0.15) is 0 Å². The Labute approximate surface area is 78.9 Å². The molecule has 1 aliphatic rings. The third-order valence-corrected chi connectivity index (χ3v) is 5.02. The quantitative estimate of drug-likeness (QED) is 0.654. The van der Waals surface area contributed by atoms with E-state index in [9.17, 15) is 0 Å². The van der Waals surface area contributed by atoms with Crippen molar-refractivity contribution in [1.29, 1.82) is 0 Å². The van der Waals surface area contributed by atoms with E-state index in [1.807, 2.05) is 0 Å². The summed E-state index contributed by atoms with van der Waals surface area (Å²) >= 11 is 4.26. The minimum atomic E-state index is 0.846. The molecular formula is C9H18S2. The van der Waals surface area contributed by atoms with Gasteiger partial charge in [0.05, 0.1) is 0 Å². The van der Waals surface area contributed by atoms with Gasteiger partial charge in [-0.25, -0.2) is 0 Å². The summed E-state index contributed by atoms with van der Waals surface area (Å²) in [5, 5.41) is 0. The summed E-state index contributed by atoms with van der Waals surface area (Å²) in [6, 6.07) is 0. The first-order valence-corrected chi connectivity index (χ1v) is 6.51. The first-order valence-electron chi connectivity index (χ1n) is 4.41. The van der Waals surface area contributed by atoms with E-state index < -0.39 is 0 Å². The fraction of sp³-hybridized carbons (Fsp3) is 1.00. The summed E-state index contributed by atoms with van der Waals surface area (Å²) in [5.41, 5.74) is 0. The van der Waals surface area contributed by atoms with Crippen LogP contribution in [0.2, 0.25) is 0 Å². The van der Waals surface area contributed by atoms with Crippen LogP contribution >= 0.6 is 23.5 Å². The number of thioether (sulfide) groups is 2. The highest BCUT2D eigenvalue weighted by Crippen LogP contribution is 2.35. The van der Waals surface area contributed by atoms with Gasteiger partial charge in [-0.15, -0.1) is 23.5 Å². The minimum Gasteiger partial charge on any atom is -0.148 e. The molecule has 0 amide bonds. The molecule has 1 heterocycles. The standard InChI is InChI=1S/C9H18S2/c1-7(2)4-9-5-10-8(3)11-6-9/h7-9H,4-6H2,1-3H3. The molecule has 0 unspecified atom stereocenters. The van der Waals surface area contributed by atoms with Crippen LogP contribution in [-0.4, -0.2) is 16.1 Å². The number of rotatable bonds is 2. The molecule has 2 heteroatoms. The molecule has 0 atom stereocenters. The Bertz CT molecular complexity index is 104. The third kappa shape index (κ3) is 3.75. The second kappa shape index (κ2) is 4.66. The summed E-state index contributed by atoms with van der Waals surface area (Å²) in [4.78, 5) is 0. The van der Waals surface area contributed by atoms with Crippen molar-refractivity contribution in [2.75, 3.05) is 11.5 Å². The van der Waals surface area contributed by atoms with Crippen molar-refractivity contribution in [2.45, 2.75) is 31.8 Å². The average molecular weight is 190 g/mol. The lowest BCUT2D eigenvalue weighted by molar-refractivity contribution is 0.479. The fourth-order valence-electron chi connectivity index (χ4n) is 1.44. The molecule has 0 bridgehead atoms. The molecule has 0 radical (unpaired) electrons. The number of hydrogen-bond acceptors (Lipinski definition) is 2. The van der Waals surface area contributed by atoms with Gasteiger partial charge in [-0.1, -0.05) is 13.8 Å². The highest BCUT2D eigenvalue weighted by Gasteiger charge is 2.19. The van der Waals surface area contributed by atoms with Crippen LogP contribution in [0.4, 0.5) is 0 Å². The van der Waals surface area contributed by atoms with Gasteiger partial charge in [0.25, 0.3) is 0 Å². The SMILES string of the molecule is CC(C)CC1CSC(C)SC1. The Morgan fingerprint density at radius 1 is 1.27 bits per heavy atom. The maximum atomic E-state index is 2.33. The molecular weight excluding hydrogens is 172 g/mol. The Hall–Kier alpha value is 0.700. The zero-order chi connectivity index (χ0) is 8.27. The Balaban J connectivity index is 2.17. The molecule has 1 saturated heterocycles. The van der Waals surface area contributed by atoms with Crippen LogP contribution in [0.15, 0.2) is 0 Å². The molecule has 0 aliphatic carbocycles. The molecule has 0 nitrogen and oxygen atoms in total. The molecule has 0 saturated carbocycles. The predicted molar refractivity (Wildman–Crippen MR) is 57.3 cm³/mol. The zero-order valence-corrected chi connectivity index (χ0v) is 9.30. The summed E-state index contributed by atoms with van der Waals surface area (Å²) < 4.78 is 0.846. The van der Waals surface area contributed by atoms with Crippen LogP contribution in [0.25, 0.3) is 0 Å². The summed E-state index contributed by atoms with van der Waals surface area (Å²) in [7, 11) is 0. The van der Waals surface area contributed by atoms with Gasteiger partial charge in [0.2, 0.25) is 0 Å². The van der Waals surface area contributed by atoms with E-state index in [4.69, 9.17) is 0 Å². The van der Waals surface area contributed by atoms with Crippen LogP contribution in [0.1, 0.15) is 27.2 Å². The molecule has 66 valence electrons. The van der Waals surface area contributed by atoms with Gasteiger partial charge in [0.1, 0.15) is 0 Å². The highest BCUT2D eigenvalue weighted by molar-refractivity contribution is 8.17. The molecule has 0 aromatic rings. The lowest BCUT2D eigenvalue weighted by Gasteiger charge is -2.26. The van der Waals surface area contributed by atoms with Gasteiger partial charge in [0, 0.05) is 4.58 Å². The second-order valence-corrected chi connectivity index (χ2v) is 6.78. The first-order chi connectivity index (χ1) is 5.18. The summed E-state index contributed by atoms with van der Waals surface area (Å²) in [6.07, 6.45) is 1.42. The van der Waals surface area contributed by atoms with Crippen LogP contribution in [-0.2, 0) is 0 Å². The van der Waals surface area contributed by atoms with Gasteiger partial charge in [-0.3, -0.25) is 0 Å². The minimum absolute atomic E-state index is 0.846. The molecule has 1 aliphatic heterocycles. The first kappa shape index (κ1) is 9.79. The Kier molecular flexibility index (Phi) is 4.14. The smallest absolute Gasteiger partial charge is 0.0474 e. The molecule has 0 aromatic carbocycles. The monoisotopic (exact) mass is 190 g/mol. The maximum Gasteiger partial charge on any atom is 0.0474 e. The molecule has 0 N–H and O–H groups in total. The summed E-state index contributed by atoms with van der Waals surface area (Å²) in [5.74, 6) is 4.66. The zero-order valence-electron chi connectivity index (χ0n) is 7.67. The highest BCUT2D eigenvalue weighted by atomic mass is 32.2. The van der Waals surface area contributed by atoms with Crippen LogP contribution < -0.4 is 0 Å². The predicted octanol–water partition coefficient (Wildman–Crippen LogP) is 3.47. The van der Waals surface area contributed by atoms with E-state index in [2.05, 4.69) is 44.3 Å². The van der Waals surface area contributed by atoms with Crippen molar-refractivity contribution in [3.05, 3.63) is 0 Å². The van der Waals surface area contributed by atoms with E-state index in [0.29, 0.717) is 0 Å². The third-order valence-electron chi connectivity index (χ3n) is 1.94. The van der Waals surface area contributed by atoms with Crippen molar-refractivity contribution >= 4 is 23.5 Å². The van der Waals surface area contributed by atoms with Crippen molar-refractivity contribution < 1.29 is 0 Å². The lowest BCUT2D eigenvalue weighted by Crippen LogP contribution is -2.17. The number of hydrogen-bond donors (Lipinski definition) is 0. The van der Waals surface area contributed by atoms with Crippen LogP contribution in [0.5, 0.6) is 0 Å². The molecule has 0 spiro atoms. The van der Waals surface area contributed by atoms with Crippen molar-refractivity contribution in [3.63, 3.8) is 0 Å². The van der Waals surface area contributed by atoms with Crippen molar-refractivity contribution in [2.24, 2.45) is 11.8 Å².